The molecule has 3 rings (SSSR count). The fraction of sp³-hybridized carbons (Fsp3) is 0.500. The van der Waals surface area contributed by atoms with Crippen LogP contribution in [0.1, 0.15) is 47.9 Å². The van der Waals surface area contributed by atoms with Gasteiger partial charge in [0.2, 0.25) is 5.91 Å². The van der Waals surface area contributed by atoms with Gasteiger partial charge in [-0.1, -0.05) is 24.6 Å². The molecule has 1 aromatic carbocycles. The average molecular weight is 444 g/mol. The molecule has 168 valence electrons. The summed E-state index contributed by atoms with van der Waals surface area (Å²) in [5.41, 5.74) is 3.44. The van der Waals surface area contributed by atoms with Gasteiger partial charge in [0.1, 0.15) is 18.9 Å². The largest absolute Gasteiger partial charge is 0.491 e. The highest BCUT2D eigenvalue weighted by Gasteiger charge is 2.33. The van der Waals surface area contributed by atoms with Gasteiger partial charge in [0.15, 0.2) is 0 Å². The Bertz CT molecular complexity index is 911. The minimum absolute atomic E-state index is 0.0363. The first-order valence-electron chi connectivity index (χ1n) is 11.0. The van der Waals surface area contributed by atoms with E-state index >= 15 is 0 Å². The van der Waals surface area contributed by atoms with Crippen LogP contribution in [0.4, 0.5) is 4.79 Å². The predicted octanol–water partition coefficient (Wildman–Crippen LogP) is 4.31. The van der Waals surface area contributed by atoms with Gasteiger partial charge in [-0.15, -0.1) is 11.3 Å². The zero-order valence-electron chi connectivity index (χ0n) is 18.9. The van der Waals surface area contributed by atoms with Crippen molar-refractivity contribution < 1.29 is 14.3 Å². The van der Waals surface area contributed by atoms with Gasteiger partial charge in [0.25, 0.3) is 0 Å². The molecular formula is C24H33N3O3S. The lowest BCUT2D eigenvalue weighted by Gasteiger charge is -2.37. The first kappa shape index (κ1) is 23.1. The molecule has 2 aromatic rings. The number of nitrogens with zero attached hydrogens (tertiary/aromatic N) is 2. The van der Waals surface area contributed by atoms with Gasteiger partial charge in [-0.05, 0) is 62.3 Å². The summed E-state index contributed by atoms with van der Waals surface area (Å²) in [5, 5.41) is 4.90. The second-order valence-corrected chi connectivity index (χ2v) is 8.99. The molecule has 31 heavy (non-hydrogen) atoms. The molecule has 0 unspecified atom stereocenters. The third-order valence-corrected chi connectivity index (χ3v) is 6.57. The van der Waals surface area contributed by atoms with E-state index in [4.69, 9.17) is 4.74 Å². The standard InChI is InChI=1S/C24H33N3O3S/c1-5-11-26(24(29)25-6-2)15-23(28)27-12-9-22-19(10-13-31-22)20(27)16-30-21-8-7-17(3)14-18(21)4/h7-8,10,13-14,20H,5-6,9,11-12,15-16H2,1-4H3,(H,25,29)/t20-/m0/s1. The second kappa shape index (κ2) is 10.7. The van der Waals surface area contributed by atoms with Gasteiger partial charge in [-0.2, -0.15) is 0 Å². The molecule has 1 aliphatic rings. The lowest BCUT2D eigenvalue weighted by Crippen LogP contribution is -2.50. The Morgan fingerprint density at radius 3 is 2.77 bits per heavy atom. The Morgan fingerprint density at radius 1 is 1.26 bits per heavy atom. The van der Waals surface area contributed by atoms with Gasteiger partial charge >= 0.3 is 6.03 Å². The van der Waals surface area contributed by atoms with Gasteiger partial charge in [0.05, 0.1) is 6.04 Å². The Morgan fingerprint density at radius 2 is 2.06 bits per heavy atom. The van der Waals surface area contributed by atoms with Crippen LogP contribution in [0, 0.1) is 13.8 Å². The van der Waals surface area contributed by atoms with E-state index in [0.717, 1.165) is 29.7 Å². The first-order valence-corrected chi connectivity index (χ1v) is 11.9. The number of carbonyl (C=O) groups excluding carboxylic acids is 2. The summed E-state index contributed by atoms with van der Waals surface area (Å²) in [6, 6.07) is 7.89. The third kappa shape index (κ3) is 5.58. The maximum Gasteiger partial charge on any atom is 0.317 e. The summed E-state index contributed by atoms with van der Waals surface area (Å²) in [7, 11) is 0. The number of ether oxygens (including phenoxy) is 1. The van der Waals surface area contributed by atoms with Crippen LogP contribution in [0.15, 0.2) is 29.6 Å². The van der Waals surface area contributed by atoms with Gasteiger partial charge in [0, 0.05) is 24.5 Å². The van der Waals surface area contributed by atoms with Gasteiger partial charge < -0.3 is 19.9 Å². The molecule has 0 saturated heterocycles. The van der Waals surface area contributed by atoms with Gasteiger partial charge in [-0.25, -0.2) is 4.79 Å². The van der Waals surface area contributed by atoms with Crippen molar-refractivity contribution >= 4 is 23.3 Å². The number of aryl methyl sites for hydroxylation is 2. The van der Waals surface area contributed by atoms with Crippen LogP contribution in [0.5, 0.6) is 5.75 Å². The number of hydrogen-bond donors (Lipinski definition) is 1. The average Bonchev–Trinajstić information content (AvgIpc) is 3.22. The number of rotatable bonds is 8. The van der Waals surface area contributed by atoms with Gasteiger partial charge in [-0.3, -0.25) is 4.79 Å². The molecule has 1 N–H and O–H groups in total. The number of fused-ring (bicyclic) bond motifs is 1. The molecular weight excluding hydrogens is 410 g/mol. The maximum absolute atomic E-state index is 13.3. The predicted molar refractivity (Wildman–Crippen MR) is 125 cm³/mol. The molecule has 0 spiro atoms. The summed E-state index contributed by atoms with van der Waals surface area (Å²) in [6.45, 7) is 10.2. The Kier molecular flexibility index (Phi) is 7.96. The van der Waals surface area contributed by atoms with E-state index in [1.54, 1.807) is 16.2 Å². The molecule has 0 saturated carbocycles. The molecule has 3 amide bonds. The topological polar surface area (TPSA) is 61.9 Å². The fourth-order valence-corrected chi connectivity index (χ4v) is 4.97. The maximum atomic E-state index is 13.3. The minimum atomic E-state index is -0.186. The van der Waals surface area contributed by atoms with Crippen molar-refractivity contribution in [2.45, 2.75) is 46.6 Å². The van der Waals surface area contributed by atoms with E-state index in [2.05, 4.69) is 29.8 Å². The molecule has 7 heteroatoms. The summed E-state index contributed by atoms with van der Waals surface area (Å²) in [5.74, 6) is 0.807. The van der Waals surface area contributed by atoms with Crippen LogP contribution < -0.4 is 10.1 Å². The first-order chi connectivity index (χ1) is 14.9. The van der Waals surface area contributed by atoms with Crippen LogP contribution in [0.3, 0.4) is 0 Å². The van der Waals surface area contributed by atoms with E-state index in [1.807, 2.05) is 37.8 Å². The lowest BCUT2D eigenvalue weighted by atomic mass is 10.00. The summed E-state index contributed by atoms with van der Waals surface area (Å²) < 4.78 is 6.19. The molecule has 0 aliphatic carbocycles. The van der Waals surface area contributed by atoms with Crippen molar-refractivity contribution in [2.75, 3.05) is 32.8 Å². The quantitative estimate of drug-likeness (QED) is 0.661. The summed E-state index contributed by atoms with van der Waals surface area (Å²) in [4.78, 5) is 30.5. The second-order valence-electron chi connectivity index (χ2n) is 7.99. The van der Waals surface area contributed by atoms with Crippen molar-refractivity contribution in [3.8, 4) is 5.75 Å². The molecule has 0 radical (unpaired) electrons. The minimum Gasteiger partial charge on any atom is -0.491 e. The van der Waals surface area contributed by atoms with Crippen LogP contribution in [-0.2, 0) is 11.2 Å². The highest BCUT2D eigenvalue weighted by molar-refractivity contribution is 7.10. The molecule has 0 fully saturated rings. The summed E-state index contributed by atoms with van der Waals surface area (Å²) >= 11 is 1.74. The molecule has 1 aromatic heterocycles. The van der Waals surface area contributed by atoms with Crippen LogP contribution in [0.2, 0.25) is 0 Å². The monoisotopic (exact) mass is 443 g/mol. The van der Waals surface area contributed by atoms with Crippen molar-refractivity contribution in [1.82, 2.24) is 15.1 Å². The van der Waals surface area contributed by atoms with Crippen LogP contribution >= 0.6 is 11.3 Å². The number of amides is 3. The molecule has 0 bridgehead atoms. The summed E-state index contributed by atoms with van der Waals surface area (Å²) in [6.07, 6.45) is 1.64. The number of thiophene rings is 1. The Balaban J connectivity index is 1.77. The highest BCUT2D eigenvalue weighted by Crippen LogP contribution is 2.34. The Labute approximate surface area is 189 Å². The zero-order valence-corrected chi connectivity index (χ0v) is 19.8. The van der Waals surface area contributed by atoms with E-state index in [1.165, 1.54) is 10.4 Å². The number of carbonyl (C=O) groups is 2. The normalized spacial score (nSPS) is 15.4. The molecule has 1 aliphatic heterocycles. The van der Waals surface area contributed by atoms with E-state index in [9.17, 15) is 9.59 Å². The Hall–Kier alpha value is -2.54. The third-order valence-electron chi connectivity index (χ3n) is 5.58. The number of benzene rings is 1. The number of nitrogens with one attached hydrogen (secondary N) is 1. The number of hydrogen-bond acceptors (Lipinski definition) is 4. The molecule has 1 atom stereocenters. The molecule has 2 heterocycles. The van der Waals surface area contributed by atoms with Crippen molar-refractivity contribution in [3.63, 3.8) is 0 Å². The van der Waals surface area contributed by atoms with Crippen LogP contribution in [-0.4, -0.2) is 54.5 Å². The zero-order chi connectivity index (χ0) is 22.4. The lowest BCUT2D eigenvalue weighted by molar-refractivity contribution is -0.135. The SMILES string of the molecule is CCCN(CC(=O)N1CCc2sccc2[C@@H]1COc1ccc(C)cc1C)C(=O)NCC. The van der Waals surface area contributed by atoms with E-state index < -0.39 is 0 Å². The van der Waals surface area contributed by atoms with E-state index in [0.29, 0.717) is 26.2 Å². The van der Waals surface area contributed by atoms with Crippen molar-refractivity contribution in [3.05, 3.63) is 51.2 Å². The van der Waals surface area contributed by atoms with Crippen molar-refractivity contribution in [1.29, 1.82) is 0 Å². The van der Waals surface area contributed by atoms with Crippen LogP contribution in [0.25, 0.3) is 0 Å². The number of urea groups is 1. The fourth-order valence-electron chi connectivity index (χ4n) is 4.04. The molecule has 6 nitrogen and oxygen atoms in total. The van der Waals surface area contributed by atoms with Crippen molar-refractivity contribution in [2.24, 2.45) is 0 Å². The van der Waals surface area contributed by atoms with E-state index in [-0.39, 0.29) is 24.5 Å². The smallest absolute Gasteiger partial charge is 0.317 e. The highest BCUT2D eigenvalue weighted by atomic mass is 32.1.